The number of benzene rings is 1. The minimum absolute atomic E-state index is 0.273. The Bertz CT molecular complexity index is 546. The van der Waals surface area contributed by atoms with E-state index in [0.29, 0.717) is 19.8 Å². The van der Waals surface area contributed by atoms with Gasteiger partial charge in [0.2, 0.25) is 0 Å². The third-order valence-corrected chi connectivity index (χ3v) is 5.25. The van der Waals surface area contributed by atoms with Crippen LogP contribution in [-0.2, 0) is 11.3 Å². The van der Waals surface area contributed by atoms with Crippen LogP contribution in [-0.4, -0.2) is 61.3 Å². The molecule has 140 valence electrons. The summed E-state index contributed by atoms with van der Waals surface area (Å²) in [6, 6.07) is 8.14. The van der Waals surface area contributed by atoms with Gasteiger partial charge in [0.1, 0.15) is 12.4 Å². The fourth-order valence-corrected chi connectivity index (χ4v) is 3.83. The second kappa shape index (κ2) is 9.92. The first-order valence-electron chi connectivity index (χ1n) is 8.92. The van der Waals surface area contributed by atoms with Crippen LogP contribution in [0.1, 0.15) is 26.3 Å². The molecule has 25 heavy (non-hydrogen) atoms. The molecule has 0 aliphatic carbocycles. The molecule has 0 atom stereocenters. The van der Waals surface area contributed by atoms with Crippen molar-refractivity contribution in [1.82, 2.24) is 10.2 Å². The van der Waals surface area contributed by atoms with E-state index in [-0.39, 0.29) is 4.75 Å². The van der Waals surface area contributed by atoms with Gasteiger partial charge in [0, 0.05) is 37.2 Å². The Kier molecular flexibility index (Phi) is 7.90. The Morgan fingerprint density at radius 2 is 2.04 bits per heavy atom. The molecule has 1 heterocycles. The lowest BCUT2D eigenvalue weighted by molar-refractivity contribution is 0.146. The molecule has 6 heteroatoms. The van der Waals surface area contributed by atoms with E-state index in [1.54, 1.807) is 7.11 Å². The molecule has 1 aliphatic heterocycles. The summed E-state index contributed by atoms with van der Waals surface area (Å²) in [5.74, 6) is 3.02. The van der Waals surface area contributed by atoms with E-state index in [0.717, 1.165) is 37.1 Å². The average Bonchev–Trinajstić information content (AvgIpc) is 2.59. The maximum Gasteiger partial charge on any atom is 0.194 e. The largest absolute Gasteiger partial charge is 0.491 e. The highest BCUT2D eigenvalue weighted by atomic mass is 32.2. The van der Waals surface area contributed by atoms with Gasteiger partial charge in [-0.05, 0) is 38.5 Å². The predicted octanol–water partition coefficient (Wildman–Crippen LogP) is 3.00. The number of nitrogens with zero attached hydrogens (tertiary/aromatic N) is 2. The molecule has 0 bridgehead atoms. The molecule has 0 unspecified atom stereocenters. The monoisotopic (exact) mass is 365 g/mol. The summed E-state index contributed by atoms with van der Waals surface area (Å²) in [5.41, 5.74) is 1.18. The number of hydrogen-bond donors (Lipinski definition) is 1. The Morgan fingerprint density at radius 1 is 1.28 bits per heavy atom. The first kappa shape index (κ1) is 19.9. The van der Waals surface area contributed by atoms with Crippen molar-refractivity contribution in [3.63, 3.8) is 0 Å². The SMILES string of the molecule is CCNC(=NCc1ccc(OCCOC)cc1)N1CCSC(C)(C)C1. The van der Waals surface area contributed by atoms with Gasteiger partial charge in [-0.15, -0.1) is 0 Å². The van der Waals surface area contributed by atoms with Crippen LogP contribution >= 0.6 is 11.8 Å². The highest BCUT2D eigenvalue weighted by molar-refractivity contribution is 8.00. The molecule has 0 radical (unpaired) electrons. The number of thioether (sulfide) groups is 1. The number of methoxy groups -OCH3 is 1. The first-order valence-corrected chi connectivity index (χ1v) is 9.90. The first-order chi connectivity index (χ1) is 12.0. The number of rotatable bonds is 7. The van der Waals surface area contributed by atoms with Gasteiger partial charge in [-0.3, -0.25) is 0 Å². The molecule has 0 aromatic heterocycles. The lowest BCUT2D eigenvalue weighted by Gasteiger charge is -2.39. The van der Waals surface area contributed by atoms with Crippen LogP contribution in [0.2, 0.25) is 0 Å². The van der Waals surface area contributed by atoms with Gasteiger partial charge in [-0.1, -0.05) is 12.1 Å². The summed E-state index contributed by atoms with van der Waals surface area (Å²) in [5, 5.41) is 3.43. The fraction of sp³-hybridized carbons (Fsp3) is 0.632. The van der Waals surface area contributed by atoms with E-state index in [1.807, 2.05) is 23.9 Å². The van der Waals surface area contributed by atoms with Crippen molar-refractivity contribution in [2.24, 2.45) is 4.99 Å². The van der Waals surface area contributed by atoms with Crippen molar-refractivity contribution in [2.45, 2.75) is 32.1 Å². The maximum absolute atomic E-state index is 5.60. The van der Waals surface area contributed by atoms with Crippen molar-refractivity contribution >= 4 is 17.7 Å². The van der Waals surface area contributed by atoms with Crippen LogP contribution in [0.15, 0.2) is 29.3 Å². The number of hydrogen-bond acceptors (Lipinski definition) is 4. The van der Waals surface area contributed by atoms with E-state index in [2.05, 4.69) is 43.1 Å². The van der Waals surface area contributed by atoms with E-state index in [4.69, 9.17) is 14.5 Å². The molecule has 1 fully saturated rings. The van der Waals surface area contributed by atoms with Gasteiger partial charge in [-0.25, -0.2) is 4.99 Å². The molecule has 1 saturated heterocycles. The predicted molar refractivity (Wildman–Crippen MR) is 107 cm³/mol. The van der Waals surface area contributed by atoms with Crippen molar-refractivity contribution in [2.75, 3.05) is 45.7 Å². The molecule has 2 rings (SSSR count). The van der Waals surface area contributed by atoms with Gasteiger partial charge in [-0.2, -0.15) is 11.8 Å². The second-order valence-electron chi connectivity index (χ2n) is 6.69. The van der Waals surface area contributed by atoms with E-state index in [9.17, 15) is 0 Å². The van der Waals surface area contributed by atoms with Gasteiger partial charge >= 0.3 is 0 Å². The van der Waals surface area contributed by atoms with Crippen molar-refractivity contribution in [1.29, 1.82) is 0 Å². The average molecular weight is 366 g/mol. The normalized spacial score (nSPS) is 17.4. The number of ether oxygens (including phenoxy) is 2. The minimum atomic E-state index is 0.273. The smallest absolute Gasteiger partial charge is 0.194 e. The Morgan fingerprint density at radius 3 is 2.68 bits per heavy atom. The van der Waals surface area contributed by atoms with Crippen LogP contribution < -0.4 is 10.1 Å². The van der Waals surface area contributed by atoms with E-state index < -0.39 is 0 Å². The van der Waals surface area contributed by atoms with Crippen LogP contribution in [0, 0.1) is 0 Å². The zero-order valence-corrected chi connectivity index (χ0v) is 16.7. The Labute approximate surface area is 156 Å². The molecule has 1 aromatic carbocycles. The molecule has 0 amide bonds. The van der Waals surface area contributed by atoms with Crippen LogP contribution in [0.3, 0.4) is 0 Å². The summed E-state index contributed by atoms with van der Waals surface area (Å²) in [4.78, 5) is 7.22. The highest BCUT2D eigenvalue weighted by Crippen LogP contribution is 2.29. The summed E-state index contributed by atoms with van der Waals surface area (Å²) in [6.45, 7) is 11.5. The fourth-order valence-electron chi connectivity index (χ4n) is 2.72. The standard InChI is InChI=1S/C19H31N3O2S/c1-5-20-18(22-10-13-25-19(2,3)15-22)21-14-16-6-8-17(9-7-16)24-12-11-23-4/h6-9H,5,10-15H2,1-4H3,(H,20,21). The number of aliphatic imine (C=N–C) groups is 1. The highest BCUT2D eigenvalue weighted by Gasteiger charge is 2.28. The van der Waals surface area contributed by atoms with Crippen molar-refractivity contribution in [3.05, 3.63) is 29.8 Å². The zero-order valence-electron chi connectivity index (χ0n) is 15.9. The zero-order chi connectivity index (χ0) is 18.1. The number of guanidine groups is 1. The molecule has 0 spiro atoms. The van der Waals surface area contributed by atoms with E-state index >= 15 is 0 Å². The van der Waals surface area contributed by atoms with Crippen molar-refractivity contribution < 1.29 is 9.47 Å². The van der Waals surface area contributed by atoms with E-state index in [1.165, 1.54) is 5.56 Å². The van der Waals surface area contributed by atoms with Gasteiger partial charge in [0.05, 0.1) is 13.2 Å². The molecular formula is C19H31N3O2S. The minimum Gasteiger partial charge on any atom is -0.491 e. The van der Waals surface area contributed by atoms with Crippen LogP contribution in [0.25, 0.3) is 0 Å². The van der Waals surface area contributed by atoms with Crippen LogP contribution in [0.4, 0.5) is 0 Å². The maximum atomic E-state index is 5.60. The second-order valence-corrected chi connectivity index (χ2v) is 8.49. The third-order valence-electron chi connectivity index (χ3n) is 3.95. The Balaban J connectivity index is 1.96. The molecule has 1 aromatic rings. The number of nitrogens with one attached hydrogen (secondary N) is 1. The summed E-state index contributed by atoms with van der Waals surface area (Å²) < 4.78 is 10.9. The molecular weight excluding hydrogens is 334 g/mol. The molecule has 5 nitrogen and oxygen atoms in total. The topological polar surface area (TPSA) is 46.1 Å². The lowest BCUT2D eigenvalue weighted by atomic mass is 10.2. The molecule has 1 N–H and O–H groups in total. The Hall–Kier alpha value is -1.40. The third kappa shape index (κ3) is 6.78. The quantitative estimate of drug-likeness (QED) is 0.457. The van der Waals surface area contributed by atoms with Crippen molar-refractivity contribution in [3.8, 4) is 5.75 Å². The van der Waals surface area contributed by atoms with Gasteiger partial charge < -0.3 is 19.7 Å². The molecule has 0 saturated carbocycles. The summed E-state index contributed by atoms with van der Waals surface area (Å²) >= 11 is 2.04. The van der Waals surface area contributed by atoms with Crippen LogP contribution in [0.5, 0.6) is 5.75 Å². The van der Waals surface area contributed by atoms with Gasteiger partial charge in [0.15, 0.2) is 5.96 Å². The molecule has 1 aliphatic rings. The lowest BCUT2D eigenvalue weighted by Crippen LogP contribution is -2.50. The summed E-state index contributed by atoms with van der Waals surface area (Å²) in [7, 11) is 1.68. The van der Waals surface area contributed by atoms with Gasteiger partial charge in [0.25, 0.3) is 0 Å². The summed E-state index contributed by atoms with van der Waals surface area (Å²) in [6.07, 6.45) is 0.